The lowest BCUT2D eigenvalue weighted by Gasteiger charge is -2.42. The molecule has 3 nitrogen and oxygen atoms in total. The van der Waals surface area contributed by atoms with Crippen LogP contribution in [0.5, 0.6) is 5.75 Å². The first-order chi connectivity index (χ1) is 9.06. The first-order valence-corrected chi connectivity index (χ1v) is 7.15. The molecule has 0 spiro atoms. The third kappa shape index (κ3) is 2.93. The van der Waals surface area contributed by atoms with Crippen molar-refractivity contribution < 1.29 is 4.74 Å². The molecule has 0 saturated heterocycles. The van der Waals surface area contributed by atoms with Crippen molar-refractivity contribution in [2.75, 3.05) is 21.2 Å². The van der Waals surface area contributed by atoms with Crippen molar-refractivity contribution in [3.05, 3.63) is 29.3 Å². The summed E-state index contributed by atoms with van der Waals surface area (Å²) in [5.74, 6) is 1.64. The van der Waals surface area contributed by atoms with E-state index in [1.807, 2.05) is 0 Å². The van der Waals surface area contributed by atoms with Crippen LogP contribution in [0.4, 0.5) is 0 Å². The fourth-order valence-electron chi connectivity index (χ4n) is 3.16. The number of hydrogen-bond donors (Lipinski definition) is 1. The number of nitrogens with two attached hydrogens (primary N) is 1. The predicted molar refractivity (Wildman–Crippen MR) is 79.5 cm³/mol. The summed E-state index contributed by atoms with van der Waals surface area (Å²) in [6.45, 7) is 2.19. The van der Waals surface area contributed by atoms with Crippen LogP contribution in [0.1, 0.15) is 36.9 Å². The van der Waals surface area contributed by atoms with E-state index in [0.717, 1.165) is 25.0 Å². The Morgan fingerprint density at radius 1 is 1.37 bits per heavy atom. The molecule has 3 heteroatoms. The van der Waals surface area contributed by atoms with E-state index in [4.69, 9.17) is 10.5 Å². The highest BCUT2D eigenvalue weighted by Gasteiger charge is 2.36. The molecule has 1 aliphatic carbocycles. The monoisotopic (exact) mass is 262 g/mol. The second kappa shape index (κ2) is 5.93. The molecule has 1 saturated carbocycles. The van der Waals surface area contributed by atoms with Crippen molar-refractivity contribution in [1.29, 1.82) is 0 Å². The van der Waals surface area contributed by atoms with Gasteiger partial charge in [0, 0.05) is 17.6 Å². The number of methoxy groups -OCH3 is 1. The Morgan fingerprint density at radius 2 is 2.05 bits per heavy atom. The zero-order valence-corrected chi connectivity index (χ0v) is 12.5. The summed E-state index contributed by atoms with van der Waals surface area (Å²) in [5, 5.41) is 0. The summed E-state index contributed by atoms with van der Waals surface area (Å²) in [7, 11) is 6.04. The Balaban J connectivity index is 2.34. The van der Waals surface area contributed by atoms with E-state index in [2.05, 4.69) is 44.1 Å². The zero-order chi connectivity index (χ0) is 14.0. The Hall–Kier alpha value is -1.06. The molecule has 1 aromatic rings. The Kier molecular flexibility index (Phi) is 4.48. The van der Waals surface area contributed by atoms with Gasteiger partial charge in [-0.25, -0.2) is 0 Å². The summed E-state index contributed by atoms with van der Waals surface area (Å²) >= 11 is 0. The molecule has 0 aliphatic heterocycles. The first-order valence-electron chi connectivity index (χ1n) is 7.15. The molecule has 0 heterocycles. The van der Waals surface area contributed by atoms with E-state index in [0.29, 0.717) is 18.0 Å². The van der Waals surface area contributed by atoms with Crippen molar-refractivity contribution in [2.45, 2.75) is 38.3 Å². The highest BCUT2D eigenvalue weighted by Crippen LogP contribution is 2.43. The predicted octanol–water partition coefficient (Wildman–Crippen LogP) is 2.60. The molecular formula is C16H26N2O. The second-order valence-corrected chi connectivity index (χ2v) is 5.83. The van der Waals surface area contributed by atoms with Crippen LogP contribution in [0.25, 0.3) is 0 Å². The Bertz CT molecular complexity index is 425. The maximum Gasteiger partial charge on any atom is 0.123 e. The van der Waals surface area contributed by atoms with E-state index in [1.165, 1.54) is 11.1 Å². The van der Waals surface area contributed by atoms with Gasteiger partial charge >= 0.3 is 0 Å². The van der Waals surface area contributed by atoms with Gasteiger partial charge in [0.1, 0.15) is 5.75 Å². The van der Waals surface area contributed by atoms with E-state index in [1.54, 1.807) is 7.11 Å². The zero-order valence-electron chi connectivity index (χ0n) is 12.5. The van der Waals surface area contributed by atoms with E-state index < -0.39 is 0 Å². The van der Waals surface area contributed by atoms with Gasteiger partial charge < -0.3 is 15.4 Å². The minimum Gasteiger partial charge on any atom is -0.496 e. The fraction of sp³-hybridized carbons (Fsp3) is 0.625. The quantitative estimate of drug-likeness (QED) is 0.886. The van der Waals surface area contributed by atoms with E-state index >= 15 is 0 Å². The van der Waals surface area contributed by atoms with E-state index in [9.17, 15) is 0 Å². The van der Waals surface area contributed by atoms with Crippen molar-refractivity contribution in [3.63, 3.8) is 0 Å². The molecule has 1 aliphatic rings. The summed E-state index contributed by atoms with van der Waals surface area (Å²) < 4.78 is 5.56. The second-order valence-electron chi connectivity index (χ2n) is 5.83. The number of hydrogen-bond acceptors (Lipinski definition) is 3. The molecule has 0 aromatic heterocycles. The average Bonchev–Trinajstić information content (AvgIpc) is 2.36. The van der Waals surface area contributed by atoms with Gasteiger partial charge in [-0.3, -0.25) is 0 Å². The Morgan fingerprint density at radius 3 is 2.53 bits per heavy atom. The van der Waals surface area contributed by atoms with Crippen molar-refractivity contribution in [3.8, 4) is 5.75 Å². The molecule has 0 bridgehead atoms. The van der Waals surface area contributed by atoms with Crippen LogP contribution in [-0.4, -0.2) is 32.1 Å². The van der Waals surface area contributed by atoms with Crippen LogP contribution in [0.3, 0.4) is 0 Å². The lowest BCUT2D eigenvalue weighted by atomic mass is 9.73. The van der Waals surface area contributed by atoms with Gasteiger partial charge in [0.2, 0.25) is 0 Å². The molecule has 2 rings (SSSR count). The summed E-state index contributed by atoms with van der Waals surface area (Å²) in [4.78, 5) is 2.30. The molecule has 1 aromatic carbocycles. The number of benzene rings is 1. The average molecular weight is 262 g/mol. The van der Waals surface area contributed by atoms with Crippen LogP contribution in [0.2, 0.25) is 0 Å². The summed E-state index contributed by atoms with van der Waals surface area (Å²) in [6, 6.07) is 7.34. The van der Waals surface area contributed by atoms with Gasteiger partial charge in [0.05, 0.1) is 7.11 Å². The SMILES string of the molecule is CCc1ccc(OC)c(C(C2CC(N)C2)N(C)C)c1. The molecule has 1 fully saturated rings. The number of ether oxygens (including phenoxy) is 1. The molecular weight excluding hydrogens is 236 g/mol. The highest BCUT2D eigenvalue weighted by molar-refractivity contribution is 5.40. The summed E-state index contributed by atoms with van der Waals surface area (Å²) in [6.07, 6.45) is 3.28. The molecule has 0 radical (unpaired) electrons. The van der Waals surface area contributed by atoms with Crippen molar-refractivity contribution in [2.24, 2.45) is 11.7 Å². The van der Waals surface area contributed by atoms with Gasteiger partial charge in [0.15, 0.2) is 0 Å². The minimum atomic E-state index is 0.382. The van der Waals surface area contributed by atoms with Crippen LogP contribution in [0, 0.1) is 5.92 Å². The lowest BCUT2D eigenvalue weighted by Crippen LogP contribution is -2.43. The van der Waals surface area contributed by atoms with Crippen LogP contribution < -0.4 is 10.5 Å². The maximum absolute atomic E-state index is 5.96. The maximum atomic E-state index is 5.96. The fourth-order valence-corrected chi connectivity index (χ4v) is 3.16. The largest absolute Gasteiger partial charge is 0.496 e. The van der Waals surface area contributed by atoms with Crippen molar-refractivity contribution in [1.82, 2.24) is 4.90 Å². The van der Waals surface area contributed by atoms with Crippen LogP contribution in [0.15, 0.2) is 18.2 Å². The summed E-state index contributed by atoms with van der Waals surface area (Å²) in [5.41, 5.74) is 8.64. The topological polar surface area (TPSA) is 38.5 Å². The Labute approximate surface area is 116 Å². The minimum absolute atomic E-state index is 0.382. The number of nitrogens with zero attached hydrogens (tertiary/aromatic N) is 1. The molecule has 1 atom stereocenters. The van der Waals surface area contributed by atoms with Crippen LogP contribution in [-0.2, 0) is 6.42 Å². The molecule has 1 unspecified atom stereocenters. The first kappa shape index (κ1) is 14.4. The normalized spacial score (nSPS) is 24.1. The smallest absolute Gasteiger partial charge is 0.123 e. The van der Waals surface area contributed by atoms with Gasteiger partial charge in [-0.15, -0.1) is 0 Å². The van der Waals surface area contributed by atoms with Gasteiger partial charge in [-0.2, -0.15) is 0 Å². The van der Waals surface area contributed by atoms with Gasteiger partial charge in [-0.1, -0.05) is 19.1 Å². The molecule has 2 N–H and O–H groups in total. The third-order valence-electron chi connectivity index (χ3n) is 4.23. The molecule has 19 heavy (non-hydrogen) atoms. The van der Waals surface area contributed by atoms with Crippen LogP contribution >= 0.6 is 0 Å². The van der Waals surface area contributed by atoms with Gasteiger partial charge in [-0.05, 0) is 50.9 Å². The highest BCUT2D eigenvalue weighted by atomic mass is 16.5. The molecule has 0 amide bonds. The number of aryl methyl sites for hydroxylation is 1. The van der Waals surface area contributed by atoms with E-state index in [-0.39, 0.29) is 0 Å². The molecule has 106 valence electrons. The van der Waals surface area contributed by atoms with Gasteiger partial charge in [0.25, 0.3) is 0 Å². The van der Waals surface area contributed by atoms with Crippen molar-refractivity contribution >= 4 is 0 Å². The number of rotatable bonds is 5. The lowest BCUT2D eigenvalue weighted by molar-refractivity contribution is 0.121. The standard InChI is InChI=1S/C16H26N2O/c1-5-11-6-7-15(19-4)14(8-11)16(18(2)3)12-9-13(17)10-12/h6-8,12-13,16H,5,9-10,17H2,1-4H3. The third-order valence-corrected chi connectivity index (χ3v) is 4.23.